The SMILES string of the molecule is O=C(Nc1cccc(N2CCCC2=O)c1)[C@@H]1CCCNC1. The average Bonchev–Trinajstić information content (AvgIpc) is 2.94. The standard InChI is InChI=1S/C16H21N3O2/c20-15-7-3-9-19(15)14-6-1-5-13(10-14)18-16(21)12-4-2-8-17-11-12/h1,5-6,10,12,17H,2-4,7-9,11H2,(H,18,21)/t12-/m1/s1. The Morgan fingerprint density at radius 1 is 1.33 bits per heavy atom. The highest BCUT2D eigenvalue weighted by Crippen LogP contribution is 2.24. The molecule has 0 spiro atoms. The van der Waals surface area contributed by atoms with Gasteiger partial charge in [0.05, 0.1) is 5.92 Å². The molecule has 0 bridgehead atoms. The fraction of sp³-hybridized carbons (Fsp3) is 0.500. The average molecular weight is 287 g/mol. The first-order chi connectivity index (χ1) is 10.2. The van der Waals surface area contributed by atoms with Crippen molar-refractivity contribution in [2.24, 2.45) is 5.92 Å². The molecule has 1 aromatic rings. The number of nitrogens with one attached hydrogen (secondary N) is 2. The lowest BCUT2D eigenvalue weighted by Crippen LogP contribution is -2.37. The molecule has 112 valence electrons. The Balaban J connectivity index is 1.68. The second-order valence-corrected chi connectivity index (χ2v) is 5.73. The molecule has 0 saturated carbocycles. The van der Waals surface area contributed by atoms with Crippen molar-refractivity contribution < 1.29 is 9.59 Å². The summed E-state index contributed by atoms with van der Waals surface area (Å²) in [6.07, 6.45) is 3.50. The molecule has 0 aliphatic carbocycles. The number of amides is 2. The van der Waals surface area contributed by atoms with Crippen LogP contribution in [0.25, 0.3) is 0 Å². The molecule has 2 heterocycles. The predicted molar refractivity (Wildman–Crippen MR) is 82.3 cm³/mol. The third-order valence-electron chi connectivity index (χ3n) is 4.17. The van der Waals surface area contributed by atoms with Gasteiger partial charge >= 0.3 is 0 Å². The van der Waals surface area contributed by atoms with Crippen LogP contribution in [0.3, 0.4) is 0 Å². The van der Waals surface area contributed by atoms with Crippen molar-refractivity contribution in [3.8, 4) is 0 Å². The number of carbonyl (C=O) groups is 2. The number of rotatable bonds is 3. The van der Waals surface area contributed by atoms with E-state index < -0.39 is 0 Å². The van der Waals surface area contributed by atoms with Gasteiger partial charge in [0.15, 0.2) is 0 Å². The number of piperidine rings is 1. The third-order valence-corrected chi connectivity index (χ3v) is 4.17. The van der Waals surface area contributed by atoms with Crippen molar-refractivity contribution >= 4 is 23.2 Å². The molecule has 21 heavy (non-hydrogen) atoms. The van der Waals surface area contributed by atoms with Gasteiger partial charge in [0.2, 0.25) is 11.8 Å². The Kier molecular flexibility index (Phi) is 4.20. The van der Waals surface area contributed by atoms with Crippen LogP contribution in [0.2, 0.25) is 0 Å². The van der Waals surface area contributed by atoms with Gasteiger partial charge in [-0.25, -0.2) is 0 Å². The van der Waals surface area contributed by atoms with Gasteiger partial charge in [0.1, 0.15) is 0 Å². The maximum atomic E-state index is 12.2. The van der Waals surface area contributed by atoms with Crippen LogP contribution in [0.15, 0.2) is 24.3 Å². The van der Waals surface area contributed by atoms with E-state index in [0.717, 1.165) is 50.3 Å². The zero-order valence-electron chi connectivity index (χ0n) is 12.1. The highest BCUT2D eigenvalue weighted by atomic mass is 16.2. The lowest BCUT2D eigenvalue weighted by molar-refractivity contribution is -0.120. The zero-order chi connectivity index (χ0) is 14.7. The van der Waals surface area contributed by atoms with Gasteiger partial charge in [0.25, 0.3) is 0 Å². The Morgan fingerprint density at radius 3 is 2.95 bits per heavy atom. The van der Waals surface area contributed by atoms with Crippen molar-refractivity contribution in [2.45, 2.75) is 25.7 Å². The van der Waals surface area contributed by atoms with Crippen LogP contribution in [0.4, 0.5) is 11.4 Å². The van der Waals surface area contributed by atoms with Gasteiger partial charge < -0.3 is 15.5 Å². The van der Waals surface area contributed by atoms with Crippen molar-refractivity contribution in [2.75, 3.05) is 29.9 Å². The normalized spacial score (nSPS) is 22.4. The molecular formula is C16H21N3O2. The first-order valence-electron chi connectivity index (χ1n) is 7.66. The largest absolute Gasteiger partial charge is 0.326 e. The highest BCUT2D eigenvalue weighted by Gasteiger charge is 2.23. The molecule has 1 aromatic carbocycles. The maximum absolute atomic E-state index is 12.2. The van der Waals surface area contributed by atoms with Crippen molar-refractivity contribution in [1.82, 2.24) is 5.32 Å². The molecule has 0 aromatic heterocycles. The highest BCUT2D eigenvalue weighted by molar-refractivity contribution is 5.97. The third kappa shape index (κ3) is 3.24. The minimum Gasteiger partial charge on any atom is -0.326 e. The fourth-order valence-corrected chi connectivity index (χ4v) is 2.99. The quantitative estimate of drug-likeness (QED) is 0.890. The van der Waals surface area contributed by atoms with Crippen LogP contribution in [0.5, 0.6) is 0 Å². The van der Waals surface area contributed by atoms with Crippen LogP contribution in [-0.4, -0.2) is 31.4 Å². The smallest absolute Gasteiger partial charge is 0.228 e. The van der Waals surface area contributed by atoms with Gasteiger partial charge in [0, 0.05) is 30.9 Å². The summed E-state index contributed by atoms with van der Waals surface area (Å²) >= 11 is 0. The van der Waals surface area contributed by atoms with E-state index >= 15 is 0 Å². The van der Waals surface area contributed by atoms with Crippen LogP contribution in [0.1, 0.15) is 25.7 Å². The maximum Gasteiger partial charge on any atom is 0.228 e. The minimum atomic E-state index is 0.0378. The van der Waals surface area contributed by atoms with E-state index in [1.165, 1.54) is 0 Å². The molecule has 2 aliphatic heterocycles. The Labute approximate surface area is 124 Å². The molecule has 0 unspecified atom stereocenters. The molecule has 2 aliphatic rings. The molecule has 0 radical (unpaired) electrons. The summed E-state index contributed by atoms with van der Waals surface area (Å²) in [5.41, 5.74) is 1.64. The van der Waals surface area contributed by atoms with E-state index in [4.69, 9.17) is 0 Å². The second kappa shape index (κ2) is 6.26. The van der Waals surface area contributed by atoms with Crippen molar-refractivity contribution in [3.05, 3.63) is 24.3 Å². The lowest BCUT2D eigenvalue weighted by Gasteiger charge is -2.22. The summed E-state index contributed by atoms with van der Waals surface area (Å²) in [5, 5.41) is 6.22. The summed E-state index contributed by atoms with van der Waals surface area (Å²) in [7, 11) is 0. The number of hydrogen-bond acceptors (Lipinski definition) is 3. The number of anilines is 2. The van der Waals surface area contributed by atoms with Gasteiger partial charge in [-0.15, -0.1) is 0 Å². The van der Waals surface area contributed by atoms with Crippen molar-refractivity contribution in [3.63, 3.8) is 0 Å². The fourth-order valence-electron chi connectivity index (χ4n) is 2.99. The van der Waals surface area contributed by atoms with Gasteiger partial charge in [-0.3, -0.25) is 9.59 Å². The van der Waals surface area contributed by atoms with E-state index in [0.29, 0.717) is 6.42 Å². The van der Waals surface area contributed by atoms with Crippen molar-refractivity contribution in [1.29, 1.82) is 0 Å². The molecule has 1 atom stereocenters. The zero-order valence-corrected chi connectivity index (χ0v) is 12.1. The first-order valence-corrected chi connectivity index (χ1v) is 7.66. The summed E-state index contributed by atoms with van der Waals surface area (Å²) < 4.78 is 0. The molecule has 2 N–H and O–H groups in total. The summed E-state index contributed by atoms with van der Waals surface area (Å²) in [4.78, 5) is 25.8. The Morgan fingerprint density at radius 2 is 2.24 bits per heavy atom. The molecule has 2 amide bonds. The lowest BCUT2D eigenvalue weighted by atomic mass is 9.99. The number of hydrogen-bond donors (Lipinski definition) is 2. The number of nitrogens with zero attached hydrogens (tertiary/aromatic N) is 1. The summed E-state index contributed by atoms with van der Waals surface area (Å²) in [6, 6.07) is 7.56. The van der Waals surface area contributed by atoms with E-state index in [2.05, 4.69) is 10.6 Å². The predicted octanol–water partition coefficient (Wildman–Crippen LogP) is 1.75. The molecule has 2 saturated heterocycles. The van der Waals surface area contributed by atoms with E-state index in [1.807, 2.05) is 24.3 Å². The number of carbonyl (C=O) groups excluding carboxylic acids is 2. The molecule has 5 heteroatoms. The topological polar surface area (TPSA) is 61.4 Å². The van der Waals surface area contributed by atoms with Crippen LogP contribution in [0, 0.1) is 5.92 Å². The molecule has 5 nitrogen and oxygen atoms in total. The Bertz CT molecular complexity index is 538. The van der Waals surface area contributed by atoms with Crippen LogP contribution < -0.4 is 15.5 Å². The molecule has 2 fully saturated rings. The number of benzene rings is 1. The van der Waals surface area contributed by atoms with Crippen LogP contribution in [-0.2, 0) is 9.59 Å². The molecular weight excluding hydrogens is 266 g/mol. The van der Waals surface area contributed by atoms with Gasteiger partial charge in [-0.2, -0.15) is 0 Å². The summed E-state index contributed by atoms with van der Waals surface area (Å²) in [5.74, 6) is 0.262. The summed E-state index contributed by atoms with van der Waals surface area (Å²) in [6.45, 7) is 2.51. The van der Waals surface area contributed by atoms with Gasteiger partial charge in [-0.05, 0) is 44.0 Å². The first kappa shape index (κ1) is 14.1. The van der Waals surface area contributed by atoms with E-state index in [1.54, 1.807) is 4.90 Å². The Hall–Kier alpha value is -1.88. The van der Waals surface area contributed by atoms with E-state index in [9.17, 15) is 9.59 Å². The molecule has 3 rings (SSSR count). The second-order valence-electron chi connectivity index (χ2n) is 5.73. The van der Waals surface area contributed by atoms with E-state index in [-0.39, 0.29) is 17.7 Å². The monoisotopic (exact) mass is 287 g/mol. The van der Waals surface area contributed by atoms with Gasteiger partial charge in [-0.1, -0.05) is 6.07 Å². The minimum absolute atomic E-state index is 0.0378. The van der Waals surface area contributed by atoms with Crippen LogP contribution >= 0.6 is 0 Å².